The second-order valence-corrected chi connectivity index (χ2v) is 4.78. The largest absolute Gasteiger partial charge is 0.508 e. The number of amides is 1. The maximum Gasteiger partial charge on any atom is 0.508 e. The lowest BCUT2D eigenvalue weighted by atomic mass is 9.99. The van der Waals surface area contributed by atoms with Gasteiger partial charge in [0.1, 0.15) is 25.0 Å². The number of likely N-dealkylation sites (tertiary alicyclic amines) is 1. The normalized spacial score (nSPS) is 19.0. The summed E-state index contributed by atoms with van der Waals surface area (Å²) in [4.78, 5) is 35.9. The van der Waals surface area contributed by atoms with E-state index in [2.05, 4.69) is 9.47 Å². The summed E-state index contributed by atoms with van der Waals surface area (Å²) >= 11 is 0. The van der Waals surface area contributed by atoms with Crippen LogP contribution in [-0.2, 0) is 28.4 Å². The van der Waals surface area contributed by atoms with Gasteiger partial charge in [0.2, 0.25) is 0 Å². The van der Waals surface area contributed by atoms with Crippen molar-refractivity contribution in [1.29, 1.82) is 0 Å². The van der Waals surface area contributed by atoms with Crippen LogP contribution in [0.15, 0.2) is 0 Å². The average molecular weight is 335 g/mol. The molecule has 0 aromatic heterocycles. The molecule has 0 aromatic carbocycles. The monoisotopic (exact) mass is 335 g/mol. The van der Waals surface area contributed by atoms with E-state index in [9.17, 15) is 14.4 Å². The molecule has 1 unspecified atom stereocenters. The molecule has 1 rings (SSSR count). The highest BCUT2D eigenvalue weighted by atomic mass is 16.7. The first-order chi connectivity index (χ1) is 10.9. The van der Waals surface area contributed by atoms with Crippen molar-refractivity contribution in [1.82, 2.24) is 4.90 Å². The minimum atomic E-state index is -1.14. The number of nitrogens with zero attached hydrogens (tertiary/aromatic N) is 1. The van der Waals surface area contributed by atoms with Crippen LogP contribution < -0.4 is 0 Å². The van der Waals surface area contributed by atoms with Crippen molar-refractivity contribution >= 4 is 18.4 Å². The van der Waals surface area contributed by atoms with Gasteiger partial charge in [-0.2, -0.15) is 0 Å². The van der Waals surface area contributed by atoms with Crippen LogP contribution in [0.1, 0.15) is 12.8 Å². The van der Waals surface area contributed by atoms with Gasteiger partial charge < -0.3 is 28.4 Å². The zero-order valence-electron chi connectivity index (χ0n) is 13.5. The van der Waals surface area contributed by atoms with Crippen LogP contribution in [0.2, 0.25) is 0 Å². The summed E-state index contributed by atoms with van der Waals surface area (Å²) in [5.74, 6) is 0. The van der Waals surface area contributed by atoms with Crippen molar-refractivity contribution in [2.75, 3.05) is 41.7 Å². The number of hydrogen-bond donors (Lipinski definition) is 0. The lowest BCUT2D eigenvalue weighted by molar-refractivity contribution is -0.0776. The summed E-state index contributed by atoms with van der Waals surface area (Å²) in [5.41, 5.74) is -1.14. The summed E-state index contributed by atoms with van der Waals surface area (Å²) in [6.45, 7) is -0.517. The van der Waals surface area contributed by atoms with E-state index in [0.717, 1.165) is 14.2 Å². The fourth-order valence-electron chi connectivity index (χ4n) is 2.41. The Bertz CT molecular complexity index is 419. The predicted molar refractivity (Wildman–Crippen MR) is 73.7 cm³/mol. The van der Waals surface area contributed by atoms with Crippen LogP contribution >= 0.6 is 0 Å². The molecule has 132 valence electrons. The minimum Gasteiger partial charge on any atom is -0.453 e. The van der Waals surface area contributed by atoms with E-state index in [0.29, 0.717) is 12.8 Å². The van der Waals surface area contributed by atoms with Crippen LogP contribution in [-0.4, -0.2) is 76.7 Å². The first kappa shape index (κ1) is 18.8. The molecule has 1 atom stereocenters. The number of carbonyl (C=O) groups is 3. The SMILES string of the molecule is COC(=O)OCC1(COC(=O)OC)CCC(OC)N1C(=O)OC. The van der Waals surface area contributed by atoms with Crippen molar-refractivity contribution in [2.24, 2.45) is 0 Å². The van der Waals surface area contributed by atoms with Gasteiger partial charge in [0.05, 0.1) is 21.3 Å². The number of ether oxygens (including phenoxy) is 6. The maximum absolute atomic E-state index is 12.1. The molecule has 10 heteroatoms. The minimum absolute atomic E-state index is 0.258. The smallest absolute Gasteiger partial charge is 0.453 e. The quantitative estimate of drug-likeness (QED) is 0.539. The third-order valence-electron chi connectivity index (χ3n) is 3.55. The predicted octanol–water partition coefficient (Wildman–Crippen LogP) is 1.13. The van der Waals surface area contributed by atoms with Crippen LogP contribution in [0.4, 0.5) is 14.4 Å². The molecule has 1 amide bonds. The van der Waals surface area contributed by atoms with Gasteiger partial charge in [-0.3, -0.25) is 4.90 Å². The Morgan fingerprint density at radius 1 is 0.957 bits per heavy atom. The Kier molecular flexibility index (Phi) is 6.89. The Labute approximate surface area is 133 Å². The van der Waals surface area contributed by atoms with Gasteiger partial charge in [0.15, 0.2) is 0 Å². The van der Waals surface area contributed by atoms with Gasteiger partial charge in [-0.05, 0) is 12.8 Å². The topological polar surface area (TPSA) is 110 Å². The number of rotatable bonds is 5. The molecule has 1 heterocycles. The number of carbonyl (C=O) groups excluding carboxylic acids is 3. The second-order valence-electron chi connectivity index (χ2n) is 4.78. The van der Waals surface area contributed by atoms with Gasteiger partial charge in [-0.1, -0.05) is 0 Å². The van der Waals surface area contributed by atoms with Crippen LogP contribution in [0.3, 0.4) is 0 Å². The molecule has 0 radical (unpaired) electrons. The Hall–Kier alpha value is -2.23. The van der Waals surface area contributed by atoms with Crippen LogP contribution in [0, 0.1) is 0 Å². The zero-order valence-corrected chi connectivity index (χ0v) is 13.5. The van der Waals surface area contributed by atoms with Gasteiger partial charge >= 0.3 is 18.4 Å². The molecule has 0 aromatic rings. The lowest BCUT2D eigenvalue weighted by Gasteiger charge is -2.37. The Balaban J connectivity index is 3.01. The lowest BCUT2D eigenvalue weighted by Crippen LogP contribution is -2.57. The highest BCUT2D eigenvalue weighted by Crippen LogP contribution is 2.36. The molecule has 1 fully saturated rings. The molecule has 0 N–H and O–H groups in total. The molecule has 0 spiro atoms. The third kappa shape index (κ3) is 4.38. The highest BCUT2D eigenvalue weighted by Gasteiger charge is 2.52. The molecule has 1 saturated heterocycles. The number of hydrogen-bond acceptors (Lipinski definition) is 9. The van der Waals surface area contributed by atoms with E-state index >= 15 is 0 Å². The van der Waals surface area contributed by atoms with Crippen molar-refractivity contribution in [3.63, 3.8) is 0 Å². The van der Waals surface area contributed by atoms with E-state index < -0.39 is 30.2 Å². The summed E-state index contributed by atoms with van der Waals surface area (Å²) < 4.78 is 28.8. The first-order valence-electron chi connectivity index (χ1n) is 6.75. The number of methoxy groups -OCH3 is 4. The maximum atomic E-state index is 12.1. The molecule has 0 aliphatic carbocycles. The standard InChI is InChI=1S/C13H21NO9/c1-18-9-5-6-13(7-22-11(16)20-3,8-23-12(17)21-4)14(9)10(15)19-2/h9H,5-8H2,1-4H3. The summed E-state index contributed by atoms with van der Waals surface area (Å²) in [5, 5.41) is 0. The second kappa shape index (κ2) is 8.42. The van der Waals surface area contributed by atoms with Crippen LogP contribution in [0.5, 0.6) is 0 Å². The van der Waals surface area contributed by atoms with E-state index in [4.69, 9.17) is 18.9 Å². The van der Waals surface area contributed by atoms with Gasteiger partial charge in [0, 0.05) is 7.11 Å². The highest BCUT2D eigenvalue weighted by molar-refractivity contribution is 5.70. The van der Waals surface area contributed by atoms with Crippen molar-refractivity contribution in [3.8, 4) is 0 Å². The average Bonchev–Trinajstić information content (AvgIpc) is 2.95. The Morgan fingerprint density at radius 3 is 1.87 bits per heavy atom. The van der Waals surface area contributed by atoms with Gasteiger partial charge in [0.25, 0.3) is 0 Å². The zero-order chi connectivity index (χ0) is 17.5. The van der Waals surface area contributed by atoms with Gasteiger partial charge in [-0.25, -0.2) is 14.4 Å². The first-order valence-corrected chi connectivity index (χ1v) is 6.75. The molecule has 10 nitrogen and oxygen atoms in total. The molecule has 23 heavy (non-hydrogen) atoms. The molecule has 0 bridgehead atoms. The summed E-state index contributed by atoms with van der Waals surface area (Å²) in [7, 11) is 4.95. The molecule has 0 saturated carbocycles. The third-order valence-corrected chi connectivity index (χ3v) is 3.55. The molecular weight excluding hydrogens is 314 g/mol. The molecular formula is C13H21NO9. The summed E-state index contributed by atoms with van der Waals surface area (Å²) in [6.07, 6.45) is -2.35. The van der Waals surface area contributed by atoms with E-state index in [1.165, 1.54) is 19.1 Å². The fourth-order valence-corrected chi connectivity index (χ4v) is 2.41. The van der Waals surface area contributed by atoms with E-state index in [1.54, 1.807) is 0 Å². The van der Waals surface area contributed by atoms with E-state index in [-0.39, 0.29) is 13.2 Å². The van der Waals surface area contributed by atoms with Crippen molar-refractivity contribution in [2.45, 2.75) is 24.6 Å². The molecule has 1 aliphatic heterocycles. The Morgan fingerprint density at radius 2 is 1.48 bits per heavy atom. The van der Waals surface area contributed by atoms with Gasteiger partial charge in [-0.15, -0.1) is 0 Å². The molecule has 1 aliphatic rings. The fraction of sp³-hybridized carbons (Fsp3) is 0.769. The van der Waals surface area contributed by atoms with Crippen molar-refractivity contribution in [3.05, 3.63) is 0 Å². The van der Waals surface area contributed by atoms with Crippen molar-refractivity contribution < 1.29 is 42.8 Å². The van der Waals surface area contributed by atoms with E-state index in [1.807, 2.05) is 0 Å². The summed E-state index contributed by atoms with van der Waals surface area (Å²) in [6, 6.07) is 0. The van der Waals surface area contributed by atoms with Crippen LogP contribution in [0.25, 0.3) is 0 Å².